The molecule has 23 heavy (non-hydrogen) atoms. The summed E-state index contributed by atoms with van der Waals surface area (Å²) in [6.45, 7) is 8.92. The number of hydrogen-bond acceptors (Lipinski definition) is 4. The number of nitrogens with one attached hydrogen (secondary N) is 1. The van der Waals surface area contributed by atoms with Gasteiger partial charge < -0.3 is 20.7 Å². The van der Waals surface area contributed by atoms with Crippen LogP contribution < -0.4 is 11.1 Å². The Morgan fingerprint density at radius 2 is 1.91 bits per heavy atom. The van der Waals surface area contributed by atoms with Crippen molar-refractivity contribution in [3.8, 4) is 0 Å². The number of thiocarbonyl (C=S) groups is 1. The molecule has 7 heteroatoms. The SMILES string of the molecule is CCC[C@H](NC(=O)OC(C)(C)C)C(=S)N1CCC(C(N)=O)CC1. The third-order valence-corrected chi connectivity index (χ3v) is 4.32. The lowest BCUT2D eigenvalue weighted by atomic mass is 9.96. The maximum absolute atomic E-state index is 12.0. The zero-order valence-corrected chi connectivity index (χ0v) is 15.4. The molecule has 0 aromatic carbocycles. The number of primary amides is 1. The van der Waals surface area contributed by atoms with Crippen molar-refractivity contribution in [3.05, 3.63) is 0 Å². The van der Waals surface area contributed by atoms with Crippen molar-refractivity contribution in [1.29, 1.82) is 0 Å². The minimum atomic E-state index is -0.539. The van der Waals surface area contributed by atoms with Crippen LogP contribution in [0.4, 0.5) is 4.79 Å². The molecule has 0 aromatic heterocycles. The molecule has 0 saturated carbocycles. The summed E-state index contributed by atoms with van der Waals surface area (Å²) in [5.74, 6) is -0.315. The summed E-state index contributed by atoms with van der Waals surface area (Å²) in [5.41, 5.74) is 4.82. The van der Waals surface area contributed by atoms with E-state index in [-0.39, 0.29) is 17.9 Å². The van der Waals surface area contributed by atoms with Crippen LogP contribution in [0.1, 0.15) is 53.4 Å². The molecule has 1 atom stereocenters. The standard InChI is InChI=1S/C16H29N3O3S/c1-5-6-12(18-15(21)22-16(2,3)4)14(23)19-9-7-11(8-10-19)13(17)20/h11-12H,5-10H2,1-4H3,(H2,17,20)(H,18,21)/t12-/m0/s1. The number of ether oxygens (including phenoxy) is 1. The molecule has 2 amide bonds. The van der Waals surface area contributed by atoms with E-state index in [1.165, 1.54) is 0 Å². The van der Waals surface area contributed by atoms with Crippen molar-refractivity contribution >= 4 is 29.2 Å². The zero-order chi connectivity index (χ0) is 17.6. The average Bonchev–Trinajstić information content (AvgIpc) is 2.44. The Balaban J connectivity index is 2.61. The highest BCUT2D eigenvalue weighted by Crippen LogP contribution is 2.19. The summed E-state index contributed by atoms with van der Waals surface area (Å²) in [7, 11) is 0. The van der Waals surface area contributed by atoms with Crippen LogP contribution in [0.2, 0.25) is 0 Å². The maximum Gasteiger partial charge on any atom is 0.408 e. The third kappa shape index (κ3) is 6.72. The Kier molecular flexibility index (Phi) is 7.25. The molecule has 0 bridgehead atoms. The molecule has 3 N–H and O–H groups in total. The fraction of sp³-hybridized carbons (Fsp3) is 0.812. The van der Waals surface area contributed by atoms with Crippen LogP contribution in [0.5, 0.6) is 0 Å². The Hall–Kier alpha value is -1.37. The van der Waals surface area contributed by atoms with Crippen LogP contribution in [0, 0.1) is 5.92 Å². The highest BCUT2D eigenvalue weighted by Gasteiger charge is 2.29. The van der Waals surface area contributed by atoms with Crippen molar-refractivity contribution in [2.75, 3.05) is 13.1 Å². The van der Waals surface area contributed by atoms with Gasteiger partial charge in [-0.05, 0) is 40.0 Å². The van der Waals surface area contributed by atoms with Gasteiger partial charge in [-0.2, -0.15) is 0 Å². The van der Waals surface area contributed by atoms with Crippen molar-refractivity contribution in [2.24, 2.45) is 11.7 Å². The van der Waals surface area contributed by atoms with E-state index in [1.807, 2.05) is 27.7 Å². The number of nitrogens with two attached hydrogens (primary N) is 1. The molecule has 0 radical (unpaired) electrons. The lowest BCUT2D eigenvalue weighted by Crippen LogP contribution is -2.51. The van der Waals surface area contributed by atoms with Gasteiger partial charge in [0.1, 0.15) is 10.6 Å². The van der Waals surface area contributed by atoms with E-state index in [1.54, 1.807) is 0 Å². The molecule has 0 spiro atoms. The van der Waals surface area contributed by atoms with Crippen LogP contribution in [0.25, 0.3) is 0 Å². The molecular formula is C16H29N3O3S. The second-order valence-electron chi connectivity index (χ2n) is 6.99. The molecule has 1 aliphatic rings. The molecular weight excluding hydrogens is 314 g/mol. The van der Waals surface area contributed by atoms with Gasteiger partial charge in [0.05, 0.1) is 6.04 Å². The van der Waals surface area contributed by atoms with Gasteiger partial charge in [0.15, 0.2) is 0 Å². The summed E-state index contributed by atoms with van der Waals surface area (Å²) < 4.78 is 5.31. The number of likely N-dealkylation sites (tertiary alicyclic amines) is 1. The summed E-state index contributed by atoms with van der Waals surface area (Å²) in [4.78, 5) is 26.0. The molecule has 0 unspecified atom stereocenters. The molecule has 1 heterocycles. The predicted molar refractivity (Wildman–Crippen MR) is 94.2 cm³/mol. The molecule has 0 aliphatic carbocycles. The van der Waals surface area contributed by atoms with E-state index in [0.717, 1.165) is 12.8 Å². The van der Waals surface area contributed by atoms with Crippen LogP contribution >= 0.6 is 12.2 Å². The molecule has 132 valence electrons. The van der Waals surface area contributed by atoms with Gasteiger partial charge in [-0.25, -0.2) is 4.79 Å². The lowest BCUT2D eigenvalue weighted by molar-refractivity contribution is -0.122. The fourth-order valence-corrected chi connectivity index (χ4v) is 2.96. The maximum atomic E-state index is 12.0. The van der Waals surface area contributed by atoms with Gasteiger partial charge in [0.2, 0.25) is 5.91 Å². The Morgan fingerprint density at radius 1 is 1.35 bits per heavy atom. The number of piperidine rings is 1. The molecule has 1 aliphatic heterocycles. The van der Waals surface area contributed by atoms with E-state index in [4.69, 9.17) is 22.7 Å². The van der Waals surface area contributed by atoms with Gasteiger partial charge in [-0.15, -0.1) is 0 Å². The first-order chi connectivity index (χ1) is 10.6. The Bertz CT molecular complexity index is 440. The largest absolute Gasteiger partial charge is 0.444 e. The Morgan fingerprint density at radius 3 is 2.35 bits per heavy atom. The van der Waals surface area contributed by atoms with E-state index < -0.39 is 11.7 Å². The summed E-state index contributed by atoms with van der Waals surface area (Å²) in [6.07, 6.45) is 2.62. The quantitative estimate of drug-likeness (QED) is 0.748. The van der Waals surface area contributed by atoms with Crippen LogP contribution in [0.15, 0.2) is 0 Å². The number of amides is 2. The van der Waals surface area contributed by atoms with Crippen molar-refractivity contribution in [3.63, 3.8) is 0 Å². The van der Waals surface area contributed by atoms with E-state index in [9.17, 15) is 9.59 Å². The molecule has 1 saturated heterocycles. The van der Waals surface area contributed by atoms with Crippen LogP contribution in [-0.4, -0.2) is 46.6 Å². The summed E-state index contributed by atoms with van der Waals surface area (Å²) in [6, 6.07) is -0.227. The first kappa shape index (κ1) is 19.7. The van der Waals surface area contributed by atoms with E-state index in [0.29, 0.717) is 30.9 Å². The number of rotatable bonds is 5. The van der Waals surface area contributed by atoms with Crippen LogP contribution in [-0.2, 0) is 9.53 Å². The molecule has 1 rings (SSSR count). The number of carbonyl (C=O) groups is 2. The first-order valence-electron chi connectivity index (χ1n) is 8.21. The van der Waals surface area contributed by atoms with Gasteiger partial charge in [-0.1, -0.05) is 25.6 Å². The van der Waals surface area contributed by atoms with Gasteiger partial charge in [0.25, 0.3) is 0 Å². The van der Waals surface area contributed by atoms with Crippen molar-refractivity contribution < 1.29 is 14.3 Å². The predicted octanol–water partition coefficient (Wildman–Crippen LogP) is 2.20. The Labute approximate surface area is 144 Å². The minimum Gasteiger partial charge on any atom is -0.444 e. The first-order valence-corrected chi connectivity index (χ1v) is 8.62. The number of nitrogens with zero attached hydrogens (tertiary/aromatic N) is 1. The monoisotopic (exact) mass is 343 g/mol. The molecule has 0 aromatic rings. The molecule has 1 fully saturated rings. The molecule has 6 nitrogen and oxygen atoms in total. The van der Waals surface area contributed by atoms with Gasteiger partial charge in [-0.3, -0.25) is 4.79 Å². The fourth-order valence-electron chi connectivity index (χ4n) is 2.60. The topological polar surface area (TPSA) is 84.7 Å². The minimum absolute atomic E-state index is 0.0718. The third-order valence-electron chi connectivity index (χ3n) is 3.78. The summed E-state index contributed by atoms with van der Waals surface area (Å²) >= 11 is 5.56. The smallest absolute Gasteiger partial charge is 0.408 e. The normalized spacial score (nSPS) is 17.5. The second-order valence-corrected chi connectivity index (χ2v) is 7.41. The number of hydrogen-bond donors (Lipinski definition) is 2. The van der Waals surface area contributed by atoms with Crippen LogP contribution in [0.3, 0.4) is 0 Å². The van der Waals surface area contributed by atoms with Crippen molar-refractivity contribution in [2.45, 2.75) is 65.0 Å². The van der Waals surface area contributed by atoms with Crippen molar-refractivity contribution in [1.82, 2.24) is 10.2 Å². The zero-order valence-electron chi connectivity index (χ0n) is 14.6. The lowest BCUT2D eigenvalue weighted by Gasteiger charge is -2.35. The number of carbonyl (C=O) groups excluding carboxylic acids is 2. The number of alkyl carbamates (subject to hydrolysis) is 1. The van der Waals surface area contributed by atoms with Gasteiger partial charge >= 0.3 is 6.09 Å². The van der Waals surface area contributed by atoms with E-state index in [2.05, 4.69) is 10.2 Å². The average molecular weight is 343 g/mol. The highest BCUT2D eigenvalue weighted by atomic mass is 32.1. The highest BCUT2D eigenvalue weighted by molar-refractivity contribution is 7.80. The van der Waals surface area contributed by atoms with E-state index >= 15 is 0 Å². The second kappa shape index (κ2) is 8.47. The van der Waals surface area contributed by atoms with Gasteiger partial charge in [0, 0.05) is 19.0 Å². The summed E-state index contributed by atoms with van der Waals surface area (Å²) in [5, 5.41) is 2.87.